The minimum Gasteiger partial charge on any atom is -0.331 e. The minimum atomic E-state index is -0.116. The molecule has 0 aromatic heterocycles. The molecule has 1 saturated heterocycles. The highest BCUT2D eigenvalue weighted by Crippen LogP contribution is 2.30. The number of benzene rings is 1. The topological polar surface area (TPSA) is 29.1 Å². The Morgan fingerprint density at radius 3 is 2.60 bits per heavy atom. The first-order valence-corrected chi connectivity index (χ1v) is 5.99. The average Bonchev–Trinajstić information content (AvgIpc) is 2.49. The lowest BCUT2D eigenvalue weighted by atomic mass is 10.1. The third-order valence-corrected chi connectivity index (χ3v) is 3.44. The van der Waals surface area contributed by atoms with Crippen molar-refractivity contribution < 1.29 is 4.79 Å². The van der Waals surface area contributed by atoms with Crippen molar-refractivity contribution in [3.8, 4) is 0 Å². The molecule has 15 heavy (non-hydrogen) atoms. The predicted octanol–water partition coefficient (Wildman–Crippen LogP) is 2.41. The second kappa shape index (κ2) is 4.33. The number of thiol groups is 1. The van der Waals surface area contributed by atoms with Crippen molar-refractivity contribution >= 4 is 36.4 Å². The summed E-state index contributed by atoms with van der Waals surface area (Å²) in [7, 11) is 0. The van der Waals surface area contributed by atoms with Gasteiger partial charge in [0.2, 0.25) is 0 Å². The van der Waals surface area contributed by atoms with E-state index in [0.29, 0.717) is 0 Å². The Hall–Kier alpha value is -0.870. The van der Waals surface area contributed by atoms with E-state index in [1.807, 2.05) is 37.3 Å². The molecule has 1 aromatic rings. The Kier molecular flexibility index (Phi) is 3.07. The lowest BCUT2D eigenvalue weighted by Gasteiger charge is -1.96. The van der Waals surface area contributed by atoms with Gasteiger partial charge >= 0.3 is 0 Å². The van der Waals surface area contributed by atoms with Gasteiger partial charge in [-0.15, -0.1) is 12.6 Å². The van der Waals surface area contributed by atoms with Gasteiger partial charge in [-0.05, 0) is 18.6 Å². The molecule has 0 spiro atoms. The first kappa shape index (κ1) is 10.6. The van der Waals surface area contributed by atoms with Crippen LogP contribution in [-0.2, 0) is 4.79 Å². The molecule has 1 aromatic carbocycles. The third kappa shape index (κ3) is 2.58. The van der Waals surface area contributed by atoms with Gasteiger partial charge in [-0.2, -0.15) is 0 Å². The molecule has 0 saturated carbocycles. The van der Waals surface area contributed by atoms with Crippen LogP contribution >= 0.6 is 24.4 Å². The van der Waals surface area contributed by atoms with Crippen molar-refractivity contribution in [3.63, 3.8) is 0 Å². The van der Waals surface area contributed by atoms with Crippen LogP contribution in [0.1, 0.15) is 11.1 Å². The number of hydrogen-bond acceptors (Lipinski definition) is 3. The lowest BCUT2D eigenvalue weighted by Crippen LogP contribution is -2.19. The van der Waals surface area contributed by atoms with Crippen LogP contribution in [0.4, 0.5) is 0 Å². The van der Waals surface area contributed by atoms with Gasteiger partial charge in [-0.25, -0.2) is 0 Å². The fourth-order valence-electron chi connectivity index (χ4n) is 1.30. The summed E-state index contributed by atoms with van der Waals surface area (Å²) in [6.07, 6.45) is 1.88. The van der Waals surface area contributed by atoms with Crippen LogP contribution in [0.5, 0.6) is 0 Å². The summed E-state index contributed by atoms with van der Waals surface area (Å²) in [5.41, 5.74) is 2.26. The van der Waals surface area contributed by atoms with Crippen LogP contribution in [0.25, 0.3) is 6.08 Å². The summed E-state index contributed by atoms with van der Waals surface area (Å²) in [5, 5.41) is 2.72. The van der Waals surface area contributed by atoms with Crippen molar-refractivity contribution in [2.75, 3.05) is 0 Å². The Morgan fingerprint density at radius 2 is 2.07 bits per heavy atom. The molecule has 2 rings (SSSR count). The molecule has 1 unspecified atom stereocenters. The minimum absolute atomic E-state index is 0.0411. The Morgan fingerprint density at radius 1 is 1.40 bits per heavy atom. The number of thioether (sulfide) groups is 1. The van der Waals surface area contributed by atoms with E-state index in [-0.39, 0.29) is 10.6 Å². The summed E-state index contributed by atoms with van der Waals surface area (Å²) < 4.78 is -0.116. The first-order chi connectivity index (χ1) is 7.15. The molecule has 2 nitrogen and oxygen atoms in total. The summed E-state index contributed by atoms with van der Waals surface area (Å²) in [4.78, 5) is 12.1. The number of carbonyl (C=O) groups excluding carboxylic acids is 1. The second-order valence-corrected chi connectivity index (χ2v) is 5.38. The highest BCUT2D eigenvalue weighted by molar-refractivity contribution is 8.14. The number of carbonyl (C=O) groups is 1. The average molecular weight is 237 g/mol. The molecular weight excluding hydrogens is 226 g/mol. The molecule has 78 valence electrons. The molecule has 0 aliphatic carbocycles. The van der Waals surface area contributed by atoms with Crippen molar-refractivity contribution in [1.29, 1.82) is 0 Å². The van der Waals surface area contributed by atoms with Crippen LogP contribution in [0, 0.1) is 6.92 Å². The van der Waals surface area contributed by atoms with Crippen LogP contribution < -0.4 is 5.32 Å². The summed E-state index contributed by atoms with van der Waals surface area (Å²) in [6.45, 7) is 2.04. The molecule has 1 atom stereocenters. The summed E-state index contributed by atoms with van der Waals surface area (Å²) >= 11 is 5.62. The maximum atomic E-state index is 11.4. The predicted molar refractivity (Wildman–Crippen MR) is 67.7 cm³/mol. The maximum absolute atomic E-state index is 11.4. The molecule has 1 aliphatic heterocycles. The summed E-state index contributed by atoms with van der Waals surface area (Å²) in [5.74, 6) is -0.0411. The van der Waals surface area contributed by atoms with Gasteiger partial charge in [0.15, 0.2) is 0 Å². The van der Waals surface area contributed by atoms with Crippen molar-refractivity contribution in [3.05, 3.63) is 40.3 Å². The molecule has 4 heteroatoms. The van der Waals surface area contributed by atoms with Crippen molar-refractivity contribution in [1.82, 2.24) is 5.32 Å². The fraction of sp³-hybridized carbons (Fsp3) is 0.182. The smallest absolute Gasteiger partial charge is 0.259 e. The third-order valence-electron chi connectivity index (χ3n) is 2.09. The van der Waals surface area contributed by atoms with Gasteiger partial charge in [0.25, 0.3) is 5.91 Å². The van der Waals surface area contributed by atoms with Crippen molar-refractivity contribution in [2.24, 2.45) is 0 Å². The Labute approximate surface area is 98.6 Å². The highest BCUT2D eigenvalue weighted by Gasteiger charge is 2.23. The van der Waals surface area contributed by atoms with E-state index in [2.05, 4.69) is 17.9 Å². The van der Waals surface area contributed by atoms with Gasteiger partial charge in [-0.1, -0.05) is 41.6 Å². The van der Waals surface area contributed by atoms with E-state index in [4.69, 9.17) is 0 Å². The normalized spacial score (nSPS) is 23.2. The SMILES string of the molecule is Cc1ccc(C=C2SC(S)NC2=O)cc1. The van der Waals surface area contributed by atoms with Gasteiger partial charge in [0.1, 0.15) is 4.71 Å². The van der Waals surface area contributed by atoms with Gasteiger partial charge < -0.3 is 5.32 Å². The van der Waals surface area contributed by atoms with Crippen LogP contribution in [0.15, 0.2) is 29.2 Å². The zero-order valence-corrected chi connectivity index (χ0v) is 9.94. The van der Waals surface area contributed by atoms with Crippen LogP contribution in [0.3, 0.4) is 0 Å². The van der Waals surface area contributed by atoms with E-state index in [1.165, 1.54) is 17.3 Å². The quantitative estimate of drug-likeness (QED) is 0.580. The van der Waals surface area contributed by atoms with Gasteiger partial charge in [0, 0.05) is 0 Å². The zero-order valence-electron chi connectivity index (χ0n) is 8.23. The number of aryl methyl sites for hydroxylation is 1. The molecule has 1 heterocycles. The summed E-state index contributed by atoms with van der Waals surface area (Å²) in [6, 6.07) is 8.06. The first-order valence-electron chi connectivity index (χ1n) is 4.59. The molecule has 1 amide bonds. The van der Waals surface area contributed by atoms with Crippen LogP contribution in [-0.4, -0.2) is 10.6 Å². The Balaban J connectivity index is 2.23. The number of amides is 1. The largest absolute Gasteiger partial charge is 0.331 e. The van der Waals surface area contributed by atoms with Gasteiger partial charge in [-0.3, -0.25) is 4.79 Å². The van der Waals surface area contributed by atoms with Gasteiger partial charge in [0.05, 0.1) is 4.91 Å². The van der Waals surface area contributed by atoms with Crippen molar-refractivity contribution in [2.45, 2.75) is 11.6 Å². The number of hydrogen-bond donors (Lipinski definition) is 2. The maximum Gasteiger partial charge on any atom is 0.259 e. The molecule has 0 radical (unpaired) electrons. The van der Waals surface area contributed by atoms with Crippen LogP contribution in [0.2, 0.25) is 0 Å². The van der Waals surface area contributed by atoms with E-state index >= 15 is 0 Å². The number of rotatable bonds is 1. The Bertz CT molecular complexity index is 411. The van der Waals surface area contributed by atoms with E-state index in [9.17, 15) is 4.79 Å². The fourth-order valence-corrected chi connectivity index (χ4v) is 2.53. The second-order valence-electron chi connectivity index (χ2n) is 3.36. The molecular formula is C11H11NOS2. The monoisotopic (exact) mass is 237 g/mol. The van der Waals surface area contributed by atoms with E-state index < -0.39 is 0 Å². The molecule has 1 aliphatic rings. The standard InChI is InChI=1S/C11H11NOS2/c1-7-2-4-8(5-3-7)6-9-10(13)12-11(14)15-9/h2-6,11,14H,1H3,(H,12,13). The zero-order chi connectivity index (χ0) is 10.8. The molecule has 1 N–H and O–H groups in total. The van der Waals surface area contributed by atoms with E-state index in [1.54, 1.807) is 0 Å². The molecule has 1 fully saturated rings. The number of nitrogens with one attached hydrogen (secondary N) is 1. The highest BCUT2D eigenvalue weighted by atomic mass is 32.2. The lowest BCUT2D eigenvalue weighted by molar-refractivity contribution is -0.116. The molecule has 0 bridgehead atoms. The van der Waals surface area contributed by atoms with E-state index in [0.717, 1.165) is 10.5 Å².